The Labute approximate surface area is 113 Å². The molecular formula is C15H31N3. The van der Waals surface area contributed by atoms with Crippen molar-refractivity contribution in [3.8, 4) is 0 Å². The monoisotopic (exact) mass is 253 g/mol. The van der Waals surface area contributed by atoms with Crippen LogP contribution in [0.15, 0.2) is 0 Å². The standard InChI is InChI=1S/C15H31N3/c1-4-9-16-11-13-7-8-15(13)18-10-5-6-14(12-18)17(2)3/h13-16H,4-12H2,1-3H3. The minimum atomic E-state index is 0.781. The summed E-state index contributed by atoms with van der Waals surface area (Å²) in [5.41, 5.74) is 0. The van der Waals surface area contributed by atoms with Gasteiger partial charge in [0.1, 0.15) is 0 Å². The Kier molecular flexibility index (Phi) is 5.46. The van der Waals surface area contributed by atoms with Gasteiger partial charge in [-0.25, -0.2) is 0 Å². The van der Waals surface area contributed by atoms with Crippen molar-refractivity contribution in [3.63, 3.8) is 0 Å². The molecule has 3 heteroatoms. The van der Waals surface area contributed by atoms with Crippen LogP contribution in [-0.4, -0.2) is 62.2 Å². The summed E-state index contributed by atoms with van der Waals surface area (Å²) in [5.74, 6) is 0.914. The van der Waals surface area contributed by atoms with Gasteiger partial charge in [-0.05, 0) is 71.8 Å². The SMILES string of the molecule is CCCNCC1CCC1N1CCCC(N(C)C)C1. The second-order valence-electron chi connectivity index (χ2n) is 6.36. The van der Waals surface area contributed by atoms with E-state index in [0.29, 0.717) is 0 Å². The van der Waals surface area contributed by atoms with Crippen molar-refractivity contribution in [1.29, 1.82) is 0 Å². The third-order valence-electron chi connectivity index (χ3n) is 4.84. The normalized spacial score (nSPS) is 33.7. The number of likely N-dealkylation sites (N-methyl/N-ethyl adjacent to an activating group) is 1. The quantitative estimate of drug-likeness (QED) is 0.728. The molecule has 1 heterocycles. The van der Waals surface area contributed by atoms with Crippen LogP contribution in [-0.2, 0) is 0 Å². The molecule has 3 nitrogen and oxygen atoms in total. The molecule has 0 aromatic rings. The molecular weight excluding hydrogens is 222 g/mol. The minimum absolute atomic E-state index is 0.781. The fraction of sp³-hybridized carbons (Fsp3) is 1.00. The van der Waals surface area contributed by atoms with Crippen molar-refractivity contribution >= 4 is 0 Å². The van der Waals surface area contributed by atoms with E-state index in [0.717, 1.165) is 18.0 Å². The van der Waals surface area contributed by atoms with E-state index in [1.807, 2.05) is 0 Å². The van der Waals surface area contributed by atoms with Gasteiger partial charge in [-0.2, -0.15) is 0 Å². The van der Waals surface area contributed by atoms with Crippen molar-refractivity contribution in [2.45, 2.75) is 51.1 Å². The minimum Gasteiger partial charge on any atom is -0.316 e. The lowest BCUT2D eigenvalue weighted by Crippen LogP contribution is -2.56. The number of piperidine rings is 1. The molecule has 2 aliphatic rings. The number of nitrogens with one attached hydrogen (secondary N) is 1. The van der Waals surface area contributed by atoms with Gasteiger partial charge in [0.05, 0.1) is 0 Å². The third-order valence-corrected chi connectivity index (χ3v) is 4.84. The maximum Gasteiger partial charge on any atom is 0.0217 e. The van der Waals surface area contributed by atoms with Crippen molar-refractivity contribution in [1.82, 2.24) is 15.1 Å². The van der Waals surface area contributed by atoms with Gasteiger partial charge in [0, 0.05) is 18.6 Å². The highest BCUT2D eigenvalue weighted by molar-refractivity contribution is 4.93. The summed E-state index contributed by atoms with van der Waals surface area (Å²) in [6.45, 7) is 7.30. The zero-order valence-corrected chi connectivity index (χ0v) is 12.5. The lowest BCUT2D eigenvalue weighted by Gasteiger charge is -2.48. The van der Waals surface area contributed by atoms with E-state index in [1.54, 1.807) is 0 Å². The lowest BCUT2D eigenvalue weighted by atomic mass is 9.77. The molecule has 2 fully saturated rings. The Morgan fingerprint density at radius 1 is 1.22 bits per heavy atom. The molecule has 2 rings (SSSR count). The average molecular weight is 253 g/mol. The van der Waals surface area contributed by atoms with Crippen LogP contribution in [0.5, 0.6) is 0 Å². The van der Waals surface area contributed by atoms with Gasteiger partial charge < -0.3 is 10.2 Å². The average Bonchev–Trinajstić information content (AvgIpc) is 2.33. The first-order chi connectivity index (χ1) is 8.72. The van der Waals surface area contributed by atoms with Gasteiger partial charge in [-0.15, -0.1) is 0 Å². The fourth-order valence-corrected chi connectivity index (χ4v) is 3.44. The van der Waals surface area contributed by atoms with Crippen LogP contribution in [0.25, 0.3) is 0 Å². The maximum atomic E-state index is 3.60. The second-order valence-corrected chi connectivity index (χ2v) is 6.36. The first-order valence-corrected chi connectivity index (χ1v) is 7.83. The molecule has 0 amide bonds. The van der Waals surface area contributed by atoms with Gasteiger partial charge >= 0.3 is 0 Å². The van der Waals surface area contributed by atoms with E-state index in [2.05, 4.69) is 36.1 Å². The van der Waals surface area contributed by atoms with Gasteiger partial charge in [0.25, 0.3) is 0 Å². The molecule has 3 atom stereocenters. The third kappa shape index (κ3) is 3.46. The van der Waals surface area contributed by atoms with Crippen LogP contribution in [0.1, 0.15) is 39.0 Å². The van der Waals surface area contributed by atoms with Crippen molar-refractivity contribution < 1.29 is 0 Å². The molecule has 0 spiro atoms. The largest absolute Gasteiger partial charge is 0.316 e. The molecule has 106 valence electrons. The van der Waals surface area contributed by atoms with Gasteiger partial charge in [-0.3, -0.25) is 4.90 Å². The van der Waals surface area contributed by atoms with Gasteiger partial charge in [-0.1, -0.05) is 6.92 Å². The Balaban J connectivity index is 1.76. The first kappa shape index (κ1) is 14.3. The van der Waals surface area contributed by atoms with E-state index in [-0.39, 0.29) is 0 Å². The molecule has 18 heavy (non-hydrogen) atoms. The molecule has 3 unspecified atom stereocenters. The number of hydrogen-bond acceptors (Lipinski definition) is 3. The summed E-state index contributed by atoms with van der Waals surface area (Å²) >= 11 is 0. The van der Waals surface area contributed by atoms with Crippen LogP contribution in [0, 0.1) is 5.92 Å². The smallest absolute Gasteiger partial charge is 0.0217 e. The zero-order chi connectivity index (χ0) is 13.0. The van der Waals surface area contributed by atoms with Crippen molar-refractivity contribution in [2.24, 2.45) is 5.92 Å². The molecule has 1 N–H and O–H groups in total. The van der Waals surface area contributed by atoms with Crippen LogP contribution < -0.4 is 5.32 Å². The summed E-state index contributed by atoms with van der Waals surface area (Å²) in [6.07, 6.45) is 6.89. The van der Waals surface area contributed by atoms with Gasteiger partial charge in [0.15, 0.2) is 0 Å². The predicted molar refractivity (Wildman–Crippen MR) is 78.0 cm³/mol. The van der Waals surface area contributed by atoms with E-state index >= 15 is 0 Å². The topological polar surface area (TPSA) is 18.5 Å². The Morgan fingerprint density at radius 3 is 2.67 bits per heavy atom. The Bertz CT molecular complexity index is 242. The van der Waals surface area contributed by atoms with Crippen molar-refractivity contribution in [2.75, 3.05) is 40.3 Å². The molecule has 1 saturated carbocycles. The summed E-state index contributed by atoms with van der Waals surface area (Å²) in [6, 6.07) is 1.65. The summed E-state index contributed by atoms with van der Waals surface area (Å²) in [4.78, 5) is 5.19. The number of likely N-dealkylation sites (tertiary alicyclic amines) is 1. The summed E-state index contributed by atoms with van der Waals surface area (Å²) in [7, 11) is 4.46. The zero-order valence-electron chi connectivity index (χ0n) is 12.5. The Morgan fingerprint density at radius 2 is 2.06 bits per heavy atom. The van der Waals surface area contributed by atoms with Crippen LogP contribution in [0.3, 0.4) is 0 Å². The van der Waals surface area contributed by atoms with Crippen LogP contribution in [0.4, 0.5) is 0 Å². The molecule has 1 saturated heterocycles. The molecule has 1 aliphatic heterocycles. The highest BCUT2D eigenvalue weighted by Crippen LogP contribution is 2.33. The van der Waals surface area contributed by atoms with E-state index in [1.165, 1.54) is 58.3 Å². The number of rotatable bonds is 6. The first-order valence-electron chi connectivity index (χ1n) is 7.83. The second kappa shape index (κ2) is 6.88. The van der Waals surface area contributed by atoms with Crippen LogP contribution in [0.2, 0.25) is 0 Å². The highest BCUT2D eigenvalue weighted by Gasteiger charge is 2.37. The van der Waals surface area contributed by atoms with Crippen LogP contribution >= 0.6 is 0 Å². The van der Waals surface area contributed by atoms with Crippen molar-refractivity contribution in [3.05, 3.63) is 0 Å². The molecule has 0 aromatic carbocycles. The summed E-state index contributed by atoms with van der Waals surface area (Å²) in [5, 5.41) is 3.60. The van der Waals surface area contributed by atoms with E-state index < -0.39 is 0 Å². The Hall–Kier alpha value is -0.120. The predicted octanol–water partition coefficient (Wildman–Crippen LogP) is 1.79. The van der Waals surface area contributed by atoms with E-state index in [4.69, 9.17) is 0 Å². The lowest BCUT2D eigenvalue weighted by molar-refractivity contribution is 0.0200. The maximum absolute atomic E-state index is 3.60. The highest BCUT2D eigenvalue weighted by atomic mass is 15.2. The molecule has 0 aromatic heterocycles. The number of hydrogen-bond donors (Lipinski definition) is 1. The summed E-state index contributed by atoms with van der Waals surface area (Å²) < 4.78 is 0. The number of nitrogens with zero attached hydrogens (tertiary/aromatic N) is 2. The molecule has 0 radical (unpaired) electrons. The molecule has 0 bridgehead atoms. The molecule has 1 aliphatic carbocycles. The fourth-order valence-electron chi connectivity index (χ4n) is 3.44. The van der Waals surface area contributed by atoms with E-state index in [9.17, 15) is 0 Å². The van der Waals surface area contributed by atoms with Gasteiger partial charge in [0.2, 0.25) is 0 Å².